The number of aliphatic imine (C=N–C) groups is 1. The molecule has 0 spiro atoms. The molecule has 4 heteroatoms. The molecule has 2 aromatic carbocycles. The van der Waals surface area contributed by atoms with Crippen molar-refractivity contribution in [1.82, 2.24) is 0 Å². The van der Waals surface area contributed by atoms with Crippen molar-refractivity contribution in [1.29, 1.82) is 0 Å². The topological polar surface area (TPSA) is 12.4 Å². The van der Waals surface area contributed by atoms with E-state index < -0.39 is 0 Å². The molecule has 0 saturated carbocycles. The summed E-state index contributed by atoms with van der Waals surface area (Å²) in [4.78, 5) is 4.15. The number of quaternary nitrogens is 1. The van der Waals surface area contributed by atoms with E-state index in [2.05, 4.69) is 4.99 Å². The Kier molecular flexibility index (Phi) is 3.62. The highest BCUT2D eigenvalue weighted by Gasteiger charge is 2.27. The molecule has 0 atom stereocenters. The average Bonchev–Trinajstić information content (AvgIpc) is 2.87. The molecule has 0 aliphatic carbocycles. The summed E-state index contributed by atoms with van der Waals surface area (Å²) >= 11 is 0. The van der Waals surface area contributed by atoms with Crippen molar-refractivity contribution in [3.05, 3.63) is 83.7 Å². The third-order valence-corrected chi connectivity index (χ3v) is 3.48. The minimum atomic E-state index is -0.253. The third-order valence-electron chi connectivity index (χ3n) is 3.48. The van der Waals surface area contributed by atoms with Crippen LogP contribution in [0.25, 0.3) is 0 Å². The molecule has 0 aromatic heterocycles. The van der Waals surface area contributed by atoms with E-state index in [1.807, 2.05) is 18.3 Å². The fraction of sp³-hybridized carbons (Fsp3) is 0.118. The maximum atomic E-state index is 13.3. The maximum Gasteiger partial charge on any atom is 0.195 e. The summed E-state index contributed by atoms with van der Waals surface area (Å²) in [6, 6.07) is 13.0. The van der Waals surface area contributed by atoms with Crippen LogP contribution in [-0.4, -0.2) is 10.8 Å². The molecule has 0 bridgehead atoms. The molecule has 0 radical (unpaired) electrons. The molecule has 0 saturated heterocycles. The molecule has 0 amide bonds. The molecule has 1 aliphatic rings. The Balaban J connectivity index is 1.87. The Hall–Kier alpha value is -2.33. The van der Waals surface area contributed by atoms with E-state index in [1.165, 1.54) is 24.3 Å². The standard InChI is InChI=1S/C17H15F2N2/c18-16-5-1-3-14(9-16)11-21(8-7-20-13-21)12-15-4-2-6-17(19)10-15/h1-10,13H,11-12H2/q+1. The van der Waals surface area contributed by atoms with E-state index in [4.69, 9.17) is 0 Å². The molecular formula is C17H15F2N2+. The van der Waals surface area contributed by atoms with Crippen molar-refractivity contribution in [2.45, 2.75) is 13.1 Å². The zero-order valence-electron chi connectivity index (χ0n) is 11.4. The van der Waals surface area contributed by atoms with Crippen LogP contribution in [0.5, 0.6) is 0 Å². The predicted octanol–water partition coefficient (Wildman–Crippen LogP) is 3.99. The summed E-state index contributed by atoms with van der Waals surface area (Å²) < 4.78 is 27.1. The second-order valence-corrected chi connectivity index (χ2v) is 5.24. The van der Waals surface area contributed by atoms with E-state index >= 15 is 0 Å². The molecule has 0 fully saturated rings. The van der Waals surface area contributed by atoms with Crippen molar-refractivity contribution in [2.75, 3.05) is 0 Å². The molecule has 2 aromatic rings. The van der Waals surface area contributed by atoms with Gasteiger partial charge < -0.3 is 0 Å². The monoisotopic (exact) mass is 285 g/mol. The Bertz CT molecular complexity index is 646. The first kappa shape index (κ1) is 13.6. The number of rotatable bonds is 4. The molecule has 1 aliphatic heterocycles. The van der Waals surface area contributed by atoms with Gasteiger partial charge in [0, 0.05) is 11.1 Å². The molecular weight excluding hydrogens is 270 g/mol. The fourth-order valence-electron chi connectivity index (χ4n) is 2.57. The van der Waals surface area contributed by atoms with Crippen LogP contribution in [0.3, 0.4) is 0 Å². The number of hydrogen-bond acceptors (Lipinski definition) is 1. The largest absolute Gasteiger partial charge is 0.246 e. The normalized spacial score (nSPS) is 15.5. The third kappa shape index (κ3) is 3.23. The molecule has 0 N–H and O–H groups in total. The van der Waals surface area contributed by atoms with Crippen LogP contribution < -0.4 is 0 Å². The van der Waals surface area contributed by atoms with Crippen molar-refractivity contribution in [2.24, 2.45) is 4.99 Å². The highest BCUT2D eigenvalue weighted by atomic mass is 19.1. The molecule has 21 heavy (non-hydrogen) atoms. The summed E-state index contributed by atoms with van der Waals surface area (Å²) in [5.41, 5.74) is 1.76. The van der Waals surface area contributed by atoms with Crippen molar-refractivity contribution in [3.8, 4) is 0 Å². The Morgan fingerprint density at radius 1 is 0.857 bits per heavy atom. The summed E-state index contributed by atoms with van der Waals surface area (Å²) in [7, 11) is 0. The number of nitrogens with zero attached hydrogens (tertiary/aromatic N) is 2. The summed E-state index contributed by atoms with van der Waals surface area (Å²) in [6.07, 6.45) is 5.46. The number of benzene rings is 2. The van der Waals surface area contributed by atoms with Gasteiger partial charge in [0.15, 0.2) is 6.34 Å². The maximum absolute atomic E-state index is 13.3. The summed E-state index contributed by atoms with van der Waals surface area (Å²) in [5.74, 6) is -0.506. The molecule has 0 unspecified atom stereocenters. The highest BCUT2D eigenvalue weighted by molar-refractivity contribution is 5.51. The van der Waals surface area contributed by atoms with Gasteiger partial charge in [-0.15, -0.1) is 0 Å². The Morgan fingerprint density at radius 3 is 1.86 bits per heavy atom. The minimum Gasteiger partial charge on any atom is -0.246 e. The van der Waals surface area contributed by atoms with Gasteiger partial charge in [-0.1, -0.05) is 24.3 Å². The van der Waals surface area contributed by atoms with Crippen molar-refractivity contribution in [3.63, 3.8) is 0 Å². The second-order valence-electron chi connectivity index (χ2n) is 5.24. The van der Waals surface area contributed by atoms with Crippen LogP contribution in [-0.2, 0) is 13.1 Å². The quantitative estimate of drug-likeness (QED) is 0.753. The van der Waals surface area contributed by atoms with Gasteiger partial charge in [-0.3, -0.25) is 0 Å². The second kappa shape index (κ2) is 5.58. The Morgan fingerprint density at radius 2 is 1.43 bits per heavy atom. The van der Waals surface area contributed by atoms with Gasteiger partial charge in [-0.2, -0.15) is 0 Å². The van der Waals surface area contributed by atoms with Crippen LogP contribution in [0.15, 0.2) is 65.9 Å². The predicted molar refractivity (Wildman–Crippen MR) is 78.1 cm³/mol. The first-order valence-electron chi connectivity index (χ1n) is 6.73. The molecule has 2 nitrogen and oxygen atoms in total. The summed E-state index contributed by atoms with van der Waals surface area (Å²) in [5, 5.41) is 0. The lowest BCUT2D eigenvalue weighted by Gasteiger charge is -2.27. The van der Waals surface area contributed by atoms with Crippen LogP contribution in [0.4, 0.5) is 8.78 Å². The SMILES string of the molecule is Fc1cccc(C[N+]2(Cc3cccc(F)c3)C=CN=C2)c1. The van der Waals surface area contributed by atoms with Crippen molar-refractivity contribution < 1.29 is 13.3 Å². The zero-order valence-corrected chi connectivity index (χ0v) is 11.4. The van der Waals surface area contributed by atoms with Crippen LogP contribution in [0.1, 0.15) is 11.1 Å². The van der Waals surface area contributed by atoms with Gasteiger partial charge in [0.2, 0.25) is 0 Å². The number of hydrogen-bond donors (Lipinski definition) is 0. The molecule has 106 valence electrons. The Labute approximate surface area is 122 Å². The van der Waals surface area contributed by atoms with Gasteiger partial charge >= 0.3 is 0 Å². The van der Waals surface area contributed by atoms with Gasteiger partial charge in [0.05, 0.1) is 6.20 Å². The first-order valence-corrected chi connectivity index (χ1v) is 6.73. The lowest BCUT2D eigenvalue weighted by atomic mass is 10.1. The van der Waals surface area contributed by atoms with Crippen LogP contribution >= 0.6 is 0 Å². The molecule has 1 heterocycles. The van der Waals surface area contributed by atoms with E-state index in [0.717, 1.165) is 11.1 Å². The smallest absolute Gasteiger partial charge is 0.195 e. The van der Waals surface area contributed by atoms with Crippen LogP contribution in [0.2, 0.25) is 0 Å². The lowest BCUT2D eigenvalue weighted by Crippen LogP contribution is -2.38. The highest BCUT2D eigenvalue weighted by Crippen LogP contribution is 2.22. The van der Waals surface area contributed by atoms with Gasteiger partial charge in [-0.05, 0) is 24.3 Å². The van der Waals surface area contributed by atoms with E-state index in [1.54, 1.807) is 24.7 Å². The zero-order chi connectivity index (χ0) is 14.7. The average molecular weight is 285 g/mol. The van der Waals surface area contributed by atoms with E-state index in [0.29, 0.717) is 17.6 Å². The van der Waals surface area contributed by atoms with Crippen molar-refractivity contribution >= 4 is 6.34 Å². The van der Waals surface area contributed by atoms with E-state index in [-0.39, 0.29) is 11.6 Å². The number of halogens is 2. The van der Waals surface area contributed by atoms with Gasteiger partial charge in [0.25, 0.3) is 0 Å². The van der Waals surface area contributed by atoms with E-state index in [9.17, 15) is 8.78 Å². The summed E-state index contributed by atoms with van der Waals surface area (Å²) in [6.45, 7) is 1.16. The first-order chi connectivity index (χ1) is 10.2. The van der Waals surface area contributed by atoms with Gasteiger partial charge in [0.1, 0.15) is 30.9 Å². The lowest BCUT2D eigenvalue weighted by molar-refractivity contribution is -0.808. The van der Waals surface area contributed by atoms with Gasteiger partial charge in [-0.25, -0.2) is 18.3 Å². The minimum absolute atomic E-state index is 0.253. The fourth-order valence-corrected chi connectivity index (χ4v) is 2.57. The van der Waals surface area contributed by atoms with Crippen LogP contribution in [0, 0.1) is 11.6 Å². The molecule has 3 rings (SSSR count).